The van der Waals surface area contributed by atoms with Crippen molar-refractivity contribution in [2.45, 2.75) is 65.0 Å². The molecule has 1 heterocycles. The third kappa shape index (κ3) is 9.09. The molecule has 11 heteroatoms. The Bertz CT molecular complexity index is 1220. The van der Waals surface area contributed by atoms with Gasteiger partial charge in [0.25, 0.3) is 5.91 Å². The van der Waals surface area contributed by atoms with Gasteiger partial charge < -0.3 is 30.6 Å². The minimum atomic E-state index is -1.46. The Hall–Kier alpha value is -3.83. The summed E-state index contributed by atoms with van der Waals surface area (Å²) in [6.45, 7) is 10.6. The number of amides is 2. The number of methoxy groups -OCH3 is 2. The standard InChI is InChI=1S/C31H42FN3O7/c1-8-12-34-27-21-13-17(2)14-25(41-7)26(32)19(4)15-20(5)29(42-31(33)39)24(40-6)11-9-10-18(3)30(38)35-22(28(21)37)16-23(27)36/h8-11,15-17,19,24-26,29,34H,1,12-14H2,2-7H3,(H2,33,39)(H,35,38)/b11-9-,18-10+,20-15+/t17-,19+,24+,25+,26+,29+/m1/s1. The van der Waals surface area contributed by atoms with Crippen LogP contribution in [0.2, 0.25) is 0 Å². The van der Waals surface area contributed by atoms with E-state index in [0.29, 0.717) is 5.57 Å². The fourth-order valence-corrected chi connectivity index (χ4v) is 4.93. The Balaban J connectivity index is 2.62. The molecule has 0 saturated heterocycles. The second-order valence-electron chi connectivity index (χ2n) is 10.6. The van der Waals surface area contributed by atoms with Crippen molar-refractivity contribution in [2.24, 2.45) is 17.6 Å². The van der Waals surface area contributed by atoms with Gasteiger partial charge in [0.15, 0.2) is 6.10 Å². The van der Waals surface area contributed by atoms with Gasteiger partial charge in [-0.05, 0) is 38.2 Å². The van der Waals surface area contributed by atoms with E-state index in [4.69, 9.17) is 19.9 Å². The number of hydrogen-bond donors (Lipinski definition) is 3. The van der Waals surface area contributed by atoms with Gasteiger partial charge in [0.1, 0.15) is 12.3 Å². The maximum atomic E-state index is 15.8. The van der Waals surface area contributed by atoms with Crippen molar-refractivity contribution in [3.63, 3.8) is 0 Å². The SMILES string of the molecule is C=CCNC1=C2C[C@@H](C)C[C@H](OC)[C@@H](F)[C@@H](C)/C=C(\C)[C@H](OC(N)=O)[C@@H](OC)/C=C\C=C(/C)C(=O)NC(=CC1=O)C2=O. The molecule has 42 heavy (non-hydrogen) atoms. The highest BCUT2D eigenvalue weighted by molar-refractivity contribution is 6.23. The normalized spacial score (nSPS) is 31.6. The fourth-order valence-electron chi connectivity index (χ4n) is 4.93. The third-order valence-corrected chi connectivity index (χ3v) is 7.15. The van der Waals surface area contributed by atoms with Gasteiger partial charge >= 0.3 is 6.09 Å². The zero-order valence-electron chi connectivity index (χ0n) is 25.1. The number of ether oxygens (including phenoxy) is 3. The van der Waals surface area contributed by atoms with Crippen LogP contribution < -0.4 is 16.4 Å². The van der Waals surface area contributed by atoms with Gasteiger partial charge in [-0.2, -0.15) is 0 Å². The lowest BCUT2D eigenvalue weighted by molar-refractivity contribution is -0.120. The van der Waals surface area contributed by atoms with Crippen LogP contribution in [-0.2, 0) is 28.6 Å². The lowest BCUT2D eigenvalue weighted by Crippen LogP contribution is -2.37. The first-order valence-electron chi connectivity index (χ1n) is 13.7. The van der Waals surface area contributed by atoms with E-state index in [0.717, 1.165) is 6.08 Å². The van der Waals surface area contributed by atoms with Crippen LogP contribution in [0.25, 0.3) is 0 Å². The summed E-state index contributed by atoms with van der Waals surface area (Å²) in [5.74, 6) is -2.52. The van der Waals surface area contributed by atoms with Crippen LogP contribution in [0.5, 0.6) is 0 Å². The fraction of sp³-hybridized carbons (Fsp3) is 0.484. The molecule has 0 fully saturated rings. The van der Waals surface area contributed by atoms with E-state index in [9.17, 15) is 19.2 Å². The van der Waals surface area contributed by atoms with Crippen molar-refractivity contribution in [1.82, 2.24) is 10.6 Å². The van der Waals surface area contributed by atoms with Gasteiger partial charge in [0, 0.05) is 43.9 Å². The van der Waals surface area contributed by atoms with Crippen LogP contribution in [-0.4, -0.2) is 68.8 Å². The number of Topliss-reactive ketones (excluding diaryl/α,β-unsaturated/α-hetero) is 1. The molecule has 0 aromatic carbocycles. The lowest BCUT2D eigenvalue weighted by atomic mass is 9.85. The van der Waals surface area contributed by atoms with Crippen molar-refractivity contribution in [2.75, 3.05) is 20.8 Å². The summed E-state index contributed by atoms with van der Waals surface area (Å²) in [5.41, 5.74) is 6.20. The van der Waals surface area contributed by atoms with Crippen LogP contribution in [0.1, 0.15) is 40.5 Å². The van der Waals surface area contributed by atoms with E-state index in [1.54, 1.807) is 32.1 Å². The van der Waals surface area contributed by atoms with E-state index < -0.39 is 54.0 Å². The Kier molecular flexibility index (Phi) is 13.1. The van der Waals surface area contributed by atoms with E-state index in [2.05, 4.69) is 17.2 Å². The number of allylic oxidation sites excluding steroid dienone is 5. The lowest BCUT2D eigenvalue weighted by Gasteiger charge is -2.29. The number of hydrogen-bond acceptors (Lipinski definition) is 8. The number of halogens is 1. The van der Waals surface area contributed by atoms with Crippen LogP contribution in [0.15, 0.2) is 71.1 Å². The van der Waals surface area contributed by atoms with Gasteiger partial charge in [0.2, 0.25) is 11.6 Å². The summed E-state index contributed by atoms with van der Waals surface area (Å²) >= 11 is 0. The molecule has 10 nitrogen and oxygen atoms in total. The van der Waals surface area contributed by atoms with Crippen molar-refractivity contribution < 1.29 is 37.8 Å². The maximum Gasteiger partial charge on any atom is 0.405 e. The molecule has 0 spiro atoms. The van der Waals surface area contributed by atoms with E-state index in [1.165, 1.54) is 33.3 Å². The van der Waals surface area contributed by atoms with Gasteiger partial charge in [-0.1, -0.05) is 44.2 Å². The molecule has 2 rings (SSSR count). The predicted molar refractivity (Wildman–Crippen MR) is 157 cm³/mol. The Morgan fingerprint density at radius 3 is 2.50 bits per heavy atom. The molecular formula is C31H42FN3O7. The first-order chi connectivity index (χ1) is 19.8. The smallest absolute Gasteiger partial charge is 0.405 e. The number of carbonyl (C=O) groups excluding carboxylic acids is 4. The Labute approximate surface area is 246 Å². The monoisotopic (exact) mass is 587 g/mol. The van der Waals surface area contributed by atoms with E-state index in [-0.39, 0.29) is 47.8 Å². The topological polar surface area (TPSA) is 146 Å². The van der Waals surface area contributed by atoms with Gasteiger partial charge in [-0.3, -0.25) is 14.4 Å². The number of alkyl halides is 1. The van der Waals surface area contributed by atoms with Crippen LogP contribution in [0.3, 0.4) is 0 Å². The van der Waals surface area contributed by atoms with Gasteiger partial charge in [0.05, 0.1) is 17.5 Å². The van der Waals surface area contributed by atoms with E-state index in [1.807, 2.05) is 6.92 Å². The van der Waals surface area contributed by atoms with Crippen molar-refractivity contribution in [1.29, 1.82) is 0 Å². The van der Waals surface area contributed by atoms with E-state index >= 15 is 4.39 Å². The number of ketones is 2. The Morgan fingerprint density at radius 2 is 1.90 bits per heavy atom. The molecule has 2 amide bonds. The molecule has 6 atom stereocenters. The number of primary amides is 1. The first kappa shape index (κ1) is 34.4. The number of fused-ring (bicyclic) bond motifs is 2. The quantitative estimate of drug-likeness (QED) is 0.316. The molecule has 4 N–H and O–H groups in total. The maximum absolute atomic E-state index is 15.8. The van der Waals surface area contributed by atoms with Crippen LogP contribution >= 0.6 is 0 Å². The third-order valence-electron chi connectivity index (χ3n) is 7.15. The average molecular weight is 588 g/mol. The van der Waals surface area contributed by atoms with Crippen LogP contribution in [0, 0.1) is 11.8 Å². The zero-order chi connectivity index (χ0) is 31.6. The van der Waals surface area contributed by atoms with Crippen LogP contribution in [0.4, 0.5) is 9.18 Å². The molecule has 230 valence electrons. The second kappa shape index (κ2) is 16.0. The number of nitrogens with two attached hydrogens (primary N) is 1. The molecule has 0 radical (unpaired) electrons. The molecular weight excluding hydrogens is 545 g/mol. The molecule has 1 aliphatic carbocycles. The predicted octanol–water partition coefficient (Wildman–Crippen LogP) is 3.51. The minimum absolute atomic E-state index is 0.120. The van der Waals surface area contributed by atoms with Gasteiger partial charge in [-0.25, -0.2) is 9.18 Å². The highest BCUT2D eigenvalue weighted by Crippen LogP contribution is 2.29. The minimum Gasteiger partial charge on any atom is -0.439 e. The highest BCUT2D eigenvalue weighted by atomic mass is 19.1. The molecule has 1 aliphatic heterocycles. The summed E-state index contributed by atoms with van der Waals surface area (Å²) in [6.07, 6.45) is 4.07. The molecule has 0 aromatic heterocycles. The second-order valence-corrected chi connectivity index (χ2v) is 10.6. The summed E-state index contributed by atoms with van der Waals surface area (Å²) in [4.78, 5) is 51.2. The number of nitrogens with one attached hydrogen (secondary N) is 2. The summed E-state index contributed by atoms with van der Waals surface area (Å²) in [7, 11) is 2.81. The number of rotatable bonds is 6. The highest BCUT2D eigenvalue weighted by Gasteiger charge is 2.34. The summed E-state index contributed by atoms with van der Waals surface area (Å²) in [5, 5.41) is 5.48. The average Bonchev–Trinajstić information content (AvgIpc) is 2.94. The Morgan fingerprint density at radius 1 is 1.21 bits per heavy atom. The zero-order valence-corrected chi connectivity index (χ0v) is 25.1. The van der Waals surface area contributed by atoms with Crippen molar-refractivity contribution in [3.8, 4) is 0 Å². The van der Waals surface area contributed by atoms with Crippen molar-refractivity contribution in [3.05, 3.63) is 71.1 Å². The van der Waals surface area contributed by atoms with Crippen molar-refractivity contribution >= 4 is 23.6 Å². The molecule has 0 saturated carbocycles. The number of carbonyl (C=O) groups is 4. The first-order valence-corrected chi connectivity index (χ1v) is 13.7. The summed E-state index contributed by atoms with van der Waals surface area (Å²) in [6, 6.07) is 0. The molecule has 0 unspecified atom stereocenters. The largest absolute Gasteiger partial charge is 0.439 e. The van der Waals surface area contributed by atoms with Gasteiger partial charge in [-0.15, -0.1) is 6.58 Å². The molecule has 0 aromatic rings. The summed E-state index contributed by atoms with van der Waals surface area (Å²) < 4.78 is 32.2. The molecule has 2 aliphatic rings. The molecule has 2 bridgehead atoms.